The normalized spacial score (nSPS) is 15.4. The second-order valence-corrected chi connectivity index (χ2v) is 8.56. The molecule has 1 fully saturated rings. The smallest absolute Gasteiger partial charge is 0.416 e. The lowest BCUT2D eigenvalue weighted by molar-refractivity contribution is -0.137. The Morgan fingerprint density at radius 2 is 1.76 bits per heavy atom. The highest BCUT2D eigenvalue weighted by atomic mass is 19.4. The molecule has 0 bridgehead atoms. The van der Waals surface area contributed by atoms with E-state index in [0.29, 0.717) is 43.4 Å². The van der Waals surface area contributed by atoms with Crippen molar-refractivity contribution < 1.29 is 35.8 Å². The molecule has 0 saturated carbocycles. The largest absolute Gasteiger partial charge is 0.439 e. The Labute approximate surface area is 208 Å². The van der Waals surface area contributed by atoms with Crippen LogP contribution in [0.5, 0.6) is 11.6 Å². The molecule has 37 heavy (non-hydrogen) atoms. The number of pyridine rings is 1. The van der Waals surface area contributed by atoms with Gasteiger partial charge in [-0.25, -0.2) is 4.68 Å². The summed E-state index contributed by atoms with van der Waals surface area (Å²) in [7, 11) is 0. The summed E-state index contributed by atoms with van der Waals surface area (Å²) in [6.07, 6.45) is -5.43. The molecule has 0 aliphatic carbocycles. The van der Waals surface area contributed by atoms with Crippen molar-refractivity contribution >= 4 is 0 Å². The van der Waals surface area contributed by atoms with E-state index in [9.17, 15) is 26.3 Å². The van der Waals surface area contributed by atoms with Crippen LogP contribution in [0.15, 0.2) is 48.8 Å². The molecule has 1 aliphatic heterocycles. The zero-order chi connectivity index (χ0) is 26.7. The maximum Gasteiger partial charge on any atom is 0.416 e. The van der Waals surface area contributed by atoms with E-state index < -0.39 is 30.0 Å². The maximum atomic E-state index is 12.8. The van der Waals surface area contributed by atoms with Crippen molar-refractivity contribution in [1.29, 1.82) is 0 Å². The molecular weight excluding hydrogens is 504 g/mol. The third kappa shape index (κ3) is 6.59. The van der Waals surface area contributed by atoms with Crippen molar-refractivity contribution in [3.05, 3.63) is 59.9 Å². The number of nitrogens with one attached hydrogen (secondary N) is 2. The molecule has 13 heteroatoms. The minimum atomic E-state index is -4.44. The van der Waals surface area contributed by atoms with Gasteiger partial charge in [0.05, 0.1) is 36.6 Å². The van der Waals surface area contributed by atoms with E-state index >= 15 is 0 Å². The number of aromatic nitrogens is 3. The third-order valence-electron chi connectivity index (χ3n) is 5.82. The summed E-state index contributed by atoms with van der Waals surface area (Å²) in [5, 5.41) is 10.2. The van der Waals surface area contributed by atoms with E-state index in [1.54, 1.807) is 23.1 Å². The molecular formula is C24H25F6N5O2. The van der Waals surface area contributed by atoms with Crippen molar-refractivity contribution in [3.63, 3.8) is 0 Å². The molecule has 200 valence electrons. The summed E-state index contributed by atoms with van der Waals surface area (Å²) in [5.41, 5.74) is 0.649. The zero-order valence-electron chi connectivity index (χ0n) is 19.8. The highest BCUT2D eigenvalue weighted by Gasteiger charge is 2.40. The minimum absolute atomic E-state index is 0.125. The van der Waals surface area contributed by atoms with E-state index in [1.807, 2.05) is 13.0 Å². The lowest BCUT2D eigenvalue weighted by Crippen LogP contribution is -2.58. The number of aryl methyl sites for hydroxylation is 1. The molecule has 4 rings (SSSR count). The van der Waals surface area contributed by atoms with Crippen LogP contribution in [-0.4, -0.2) is 53.8 Å². The van der Waals surface area contributed by atoms with Gasteiger partial charge in [0.2, 0.25) is 5.88 Å². The number of ether oxygens (including phenoxy) is 2. The molecule has 1 aromatic carbocycles. The van der Waals surface area contributed by atoms with E-state index in [1.165, 1.54) is 12.1 Å². The summed E-state index contributed by atoms with van der Waals surface area (Å²) in [5.74, 6) is 0.577. The molecule has 0 unspecified atom stereocenters. The predicted octanol–water partition coefficient (Wildman–Crippen LogP) is 4.74. The quantitative estimate of drug-likeness (QED) is 0.292. The number of nitrogens with zero attached hydrogens (tertiary/aromatic N) is 3. The Morgan fingerprint density at radius 1 is 1.03 bits per heavy atom. The maximum absolute atomic E-state index is 12.8. The topological polar surface area (TPSA) is 73.2 Å². The molecule has 1 aliphatic rings. The van der Waals surface area contributed by atoms with Gasteiger partial charge in [-0.3, -0.25) is 4.98 Å². The highest BCUT2D eigenvalue weighted by molar-refractivity contribution is 5.61. The molecule has 3 aromatic rings. The second-order valence-electron chi connectivity index (χ2n) is 8.56. The standard InChI is InChI=1S/C24H25F6N5O2/c1-2-35-21(37-19-5-3-17(4-6-19)24(28,29)30)10-20(34-35)16-9-18(12-32-11-16)22(14-36-15-22)33-8-7-31-13-23(25,26)27/h3-6,9-12,31,33H,2,7-8,13-15H2,1H3. The van der Waals surface area contributed by atoms with Crippen LogP contribution >= 0.6 is 0 Å². The molecule has 0 spiro atoms. The lowest BCUT2D eigenvalue weighted by atomic mass is 9.88. The monoisotopic (exact) mass is 529 g/mol. The average molecular weight is 529 g/mol. The lowest BCUT2D eigenvalue weighted by Gasteiger charge is -2.42. The highest BCUT2D eigenvalue weighted by Crippen LogP contribution is 2.34. The van der Waals surface area contributed by atoms with Crippen molar-refractivity contribution in [2.45, 2.75) is 31.4 Å². The Morgan fingerprint density at radius 3 is 2.35 bits per heavy atom. The molecule has 2 aromatic heterocycles. The molecule has 0 radical (unpaired) electrons. The molecule has 2 N–H and O–H groups in total. The van der Waals surface area contributed by atoms with E-state index in [2.05, 4.69) is 20.7 Å². The Kier molecular flexibility index (Phi) is 7.76. The van der Waals surface area contributed by atoms with E-state index in [0.717, 1.165) is 17.7 Å². The molecule has 0 atom stereocenters. The van der Waals surface area contributed by atoms with Gasteiger partial charge in [0.25, 0.3) is 0 Å². The first-order valence-electron chi connectivity index (χ1n) is 11.5. The zero-order valence-corrected chi connectivity index (χ0v) is 19.8. The van der Waals surface area contributed by atoms with Gasteiger partial charge >= 0.3 is 12.4 Å². The van der Waals surface area contributed by atoms with Crippen LogP contribution in [0, 0.1) is 0 Å². The first-order valence-corrected chi connectivity index (χ1v) is 11.5. The van der Waals surface area contributed by atoms with Crippen molar-refractivity contribution in [3.8, 4) is 22.9 Å². The Hall–Kier alpha value is -3.16. The fourth-order valence-corrected chi connectivity index (χ4v) is 3.82. The van der Waals surface area contributed by atoms with Gasteiger partial charge in [0.1, 0.15) is 5.75 Å². The summed E-state index contributed by atoms with van der Waals surface area (Å²) in [6, 6.07) is 7.92. The van der Waals surface area contributed by atoms with Gasteiger partial charge in [-0.2, -0.15) is 31.4 Å². The number of rotatable bonds is 10. The minimum Gasteiger partial charge on any atom is -0.439 e. The summed E-state index contributed by atoms with van der Waals surface area (Å²) in [4.78, 5) is 4.31. The number of alkyl halides is 6. The SMILES string of the molecule is CCn1nc(-c2cncc(C3(NCCNCC(F)(F)F)COC3)c2)cc1Oc1ccc(C(F)(F)F)cc1. The third-order valence-corrected chi connectivity index (χ3v) is 5.82. The van der Waals surface area contributed by atoms with Gasteiger partial charge in [-0.05, 0) is 42.8 Å². The second kappa shape index (κ2) is 10.7. The number of hydrogen-bond donors (Lipinski definition) is 2. The predicted molar refractivity (Wildman–Crippen MR) is 122 cm³/mol. The Bertz CT molecular complexity index is 1190. The van der Waals surface area contributed by atoms with Gasteiger partial charge in [0.15, 0.2) is 0 Å². The summed E-state index contributed by atoms with van der Waals surface area (Å²) < 4.78 is 88.2. The fourth-order valence-electron chi connectivity index (χ4n) is 3.82. The van der Waals surface area contributed by atoms with Gasteiger partial charge in [-0.1, -0.05) is 0 Å². The summed E-state index contributed by atoms with van der Waals surface area (Å²) in [6.45, 7) is 2.33. The average Bonchev–Trinajstić information content (AvgIpc) is 3.22. The van der Waals surface area contributed by atoms with Gasteiger partial charge in [0, 0.05) is 43.7 Å². The van der Waals surface area contributed by atoms with Crippen LogP contribution in [0.1, 0.15) is 18.1 Å². The van der Waals surface area contributed by atoms with E-state index in [4.69, 9.17) is 9.47 Å². The van der Waals surface area contributed by atoms with Crippen molar-refractivity contribution in [2.24, 2.45) is 0 Å². The van der Waals surface area contributed by atoms with Crippen LogP contribution < -0.4 is 15.4 Å². The number of hydrogen-bond acceptors (Lipinski definition) is 6. The van der Waals surface area contributed by atoms with Gasteiger partial charge < -0.3 is 20.1 Å². The molecule has 0 amide bonds. The van der Waals surface area contributed by atoms with Crippen LogP contribution in [0.4, 0.5) is 26.3 Å². The number of benzene rings is 1. The fraction of sp³-hybridized carbons (Fsp3) is 0.417. The first kappa shape index (κ1) is 26.9. The van der Waals surface area contributed by atoms with Crippen LogP contribution in [0.3, 0.4) is 0 Å². The molecule has 3 heterocycles. The molecule has 1 saturated heterocycles. The first-order chi connectivity index (χ1) is 17.5. The Balaban J connectivity index is 1.48. The van der Waals surface area contributed by atoms with Crippen LogP contribution in [0.2, 0.25) is 0 Å². The van der Waals surface area contributed by atoms with Crippen molar-refractivity contribution in [2.75, 3.05) is 32.8 Å². The van der Waals surface area contributed by atoms with E-state index in [-0.39, 0.29) is 12.3 Å². The van der Waals surface area contributed by atoms with Crippen LogP contribution in [-0.2, 0) is 23.0 Å². The molecule has 7 nitrogen and oxygen atoms in total. The number of halogens is 6. The van der Waals surface area contributed by atoms with Gasteiger partial charge in [-0.15, -0.1) is 0 Å². The summed E-state index contributed by atoms with van der Waals surface area (Å²) >= 11 is 0. The van der Waals surface area contributed by atoms with Crippen LogP contribution in [0.25, 0.3) is 11.3 Å². The van der Waals surface area contributed by atoms with Crippen molar-refractivity contribution in [1.82, 2.24) is 25.4 Å².